The molecule has 6 heavy (non-hydrogen) atoms. The largest absolute Gasteiger partial charge is 5.00 e. The van der Waals surface area contributed by atoms with E-state index in [-0.39, 0.29) is 142 Å². The van der Waals surface area contributed by atoms with Crippen LogP contribution >= 0.6 is 0 Å². The summed E-state index contributed by atoms with van der Waals surface area (Å²) in [5, 5.41) is 0. The van der Waals surface area contributed by atoms with Crippen LogP contribution in [0.5, 0.6) is 0 Å². The number of halogens is 5. The molecule has 0 unspecified atom stereocenters. The first-order valence-electron chi connectivity index (χ1n) is 0. The van der Waals surface area contributed by atoms with Crippen LogP contribution in [0.25, 0.3) is 0 Å². The van der Waals surface area contributed by atoms with Gasteiger partial charge in [0.2, 0.25) is 0 Å². The van der Waals surface area contributed by atoms with Crippen molar-refractivity contribution in [3.05, 3.63) is 0 Å². The van der Waals surface area contributed by atoms with E-state index in [1.165, 1.54) is 0 Å². The maximum absolute atomic E-state index is 0. The van der Waals surface area contributed by atoms with Gasteiger partial charge in [-0.2, -0.15) is 0 Å². The molecule has 0 fully saturated rings. The van der Waals surface area contributed by atoms with Crippen LogP contribution in [-0.2, 0) is 22.4 Å². The van der Waals surface area contributed by atoms with Gasteiger partial charge >= 0.3 is 22.4 Å². The van der Waals surface area contributed by atoms with Crippen LogP contribution in [0.4, 0.5) is 0 Å². The van der Waals surface area contributed by atoms with Crippen molar-refractivity contribution in [2.45, 2.75) is 0 Å². The van der Waals surface area contributed by atoms with E-state index in [2.05, 4.69) is 0 Å². The summed E-state index contributed by atoms with van der Waals surface area (Å²) in [6.07, 6.45) is 0. The molecule has 0 rings (SSSR count). The molecule has 6 heteroatoms. The maximum Gasteiger partial charge on any atom is 5.00 e. The van der Waals surface area contributed by atoms with Crippen molar-refractivity contribution in [3.63, 3.8) is 0 Å². The summed E-state index contributed by atoms with van der Waals surface area (Å²) in [4.78, 5) is 0. The summed E-state index contributed by atoms with van der Waals surface area (Å²) in [5.74, 6) is 0. The Balaban J connectivity index is 0. The standard InChI is InChI=1S/5HI.Ta/h5*1H;/q;;;;;+5/p-5. The SMILES string of the molecule is [I-].[I-].[I-].[I-].[I-].[Ta+5]. The van der Waals surface area contributed by atoms with Crippen molar-refractivity contribution in [2.24, 2.45) is 0 Å². The van der Waals surface area contributed by atoms with Crippen LogP contribution in [-0.4, -0.2) is 0 Å². The molecule has 0 aromatic rings. The second kappa shape index (κ2) is 34.3. The van der Waals surface area contributed by atoms with Gasteiger partial charge in [0.15, 0.2) is 0 Å². The first-order chi connectivity index (χ1) is 0. The third kappa shape index (κ3) is 23.8. The molecule has 0 atom stereocenters. The van der Waals surface area contributed by atoms with Crippen LogP contribution < -0.4 is 120 Å². The molecule has 0 N–H and O–H groups in total. The van der Waals surface area contributed by atoms with Gasteiger partial charge in [-0.15, -0.1) is 0 Å². The quantitative estimate of drug-likeness (QED) is 0.214. The predicted molar refractivity (Wildman–Crippen MR) is 0 cm³/mol. The average molecular weight is 815 g/mol. The average Bonchev–Trinajstić information content (AvgIpc) is 0. The molecular weight excluding hydrogens is 815 g/mol. The monoisotopic (exact) mass is 815 g/mol. The Morgan fingerprint density at radius 3 is 0.333 bits per heavy atom. The van der Waals surface area contributed by atoms with Crippen LogP contribution in [0.15, 0.2) is 0 Å². The van der Waals surface area contributed by atoms with Gasteiger partial charge in [-0.1, -0.05) is 0 Å². The van der Waals surface area contributed by atoms with E-state index in [1.807, 2.05) is 0 Å². The summed E-state index contributed by atoms with van der Waals surface area (Å²) >= 11 is 0. The van der Waals surface area contributed by atoms with Crippen molar-refractivity contribution in [2.75, 3.05) is 0 Å². The minimum Gasteiger partial charge on any atom is -1.00 e. The van der Waals surface area contributed by atoms with E-state index in [0.29, 0.717) is 0 Å². The Morgan fingerprint density at radius 1 is 0.333 bits per heavy atom. The van der Waals surface area contributed by atoms with Crippen molar-refractivity contribution >= 4 is 0 Å². The van der Waals surface area contributed by atoms with E-state index in [9.17, 15) is 0 Å². The Labute approximate surface area is 139 Å². The Hall–Kier alpha value is 4.39. The van der Waals surface area contributed by atoms with Gasteiger partial charge in [0.25, 0.3) is 0 Å². The van der Waals surface area contributed by atoms with Crippen molar-refractivity contribution < 1.29 is 142 Å². The van der Waals surface area contributed by atoms with Crippen molar-refractivity contribution in [3.8, 4) is 0 Å². The fraction of sp³-hybridized carbons (Fsp3) is 0. The Bertz CT molecular complexity index is 3.90. The zero-order valence-electron chi connectivity index (χ0n) is 2.34. The fourth-order valence-corrected chi connectivity index (χ4v) is 0. The molecule has 40 valence electrons. The summed E-state index contributed by atoms with van der Waals surface area (Å²) in [5.41, 5.74) is 0. The molecule has 0 aliphatic rings. The summed E-state index contributed by atoms with van der Waals surface area (Å²) < 4.78 is 0. The van der Waals surface area contributed by atoms with Crippen LogP contribution in [0.1, 0.15) is 0 Å². The number of hydrogen-bond acceptors (Lipinski definition) is 0. The first-order valence-corrected chi connectivity index (χ1v) is 0. The fourth-order valence-electron chi connectivity index (χ4n) is 0. The van der Waals surface area contributed by atoms with E-state index < -0.39 is 0 Å². The molecule has 0 saturated heterocycles. The van der Waals surface area contributed by atoms with E-state index in [4.69, 9.17) is 0 Å². The summed E-state index contributed by atoms with van der Waals surface area (Å²) in [6, 6.07) is 0. The Morgan fingerprint density at radius 2 is 0.333 bits per heavy atom. The van der Waals surface area contributed by atoms with E-state index in [0.717, 1.165) is 0 Å². The molecule has 0 amide bonds. The van der Waals surface area contributed by atoms with Crippen molar-refractivity contribution in [1.82, 2.24) is 0 Å². The van der Waals surface area contributed by atoms with Gasteiger partial charge in [0.05, 0.1) is 0 Å². The van der Waals surface area contributed by atoms with Gasteiger partial charge in [-0.25, -0.2) is 0 Å². The van der Waals surface area contributed by atoms with E-state index >= 15 is 0 Å². The molecule has 0 heterocycles. The molecular formula is I5Ta. The smallest absolute Gasteiger partial charge is 1.00 e. The molecule has 0 nitrogen and oxygen atoms in total. The molecule has 0 spiro atoms. The second-order valence-corrected chi connectivity index (χ2v) is 0. The number of rotatable bonds is 0. The molecule has 0 aliphatic heterocycles. The van der Waals surface area contributed by atoms with Gasteiger partial charge in [0, 0.05) is 0 Å². The zero-order chi connectivity index (χ0) is 0. The van der Waals surface area contributed by atoms with Crippen LogP contribution in [0, 0.1) is 0 Å². The molecule has 0 bridgehead atoms. The van der Waals surface area contributed by atoms with Crippen LogP contribution in [0.3, 0.4) is 0 Å². The van der Waals surface area contributed by atoms with E-state index in [1.54, 1.807) is 0 Å². The third-order valence-electron chi connectivity index (χ3n) is 0. The molecule has 0 saturated carbocycles. The number of hydrogen-bond donors (Lipinski definition) is 0. The van der Waals surface area contributed by atoms with Gasteiger partial charge in [-0.3, -0.25) is 0 Å². The maximum atomic E-state index is 0. The summed E-state index contributed by atoms with van der Waals surface area (Å²) in [6.45, 7) is 0. The zero-order valence-corrected chi connectivity index (χ0v) is 16.3. The van der Waals surface area contributed by atoms with Crippen LogP contribution in [0.2, 0.25) is 0 Å². The molecule has 0 aromatic carbocycles. The molecule has 0 aliphatic carbocycles. The second-order valence-electron chi connectivity index (χ2n) is 0. The molecule has 0 aromatic heterocycles. The topological polar surface area (TPSA) is 0 Å². The predicted octanol–water partition coefficient (Wildman–Crippen LogP) is -15.0. The Kier molecular flexibility index (Phi) is 272. The normalized spacial score (nSPS) is 0. The van der Waals surface area contributed by atoms with Gasteiger partial charge in [-0.05, 0) is 0 Å². The van der Waals surface area contributed by atoms with Crippen molar-refractivity contribution in [1.29, 1.82) is 0 Å². The van der Waals surface area contributed by atoms with Gasteiger partial charge < -0.3 is 120 Å². The first kappa shape index (κ1) is 47.5. The summed E-state index contributed by atoms with van der Waals surface area (Å²) in [7, 11) is 0. The minimum absolute atomic E-state index is 0. The molecule has 0 radical (unpaired) electrons. The minimum atomic E-state index is 0. The van der Waals surface area contributed by atoms with Gasteiger partial charge in [0.1, 0.15) is 0 Å². The third-order valence-corrected chi connectivity index (χ3v) is 0.